The molecule has 2 heterocycles. The average molecular weight is 410 g/mol. The number of carbonyl (C=O) groups is 2. The van der Waals surface area contributed by atoms with E-state index in [4.69, 9.17) is 4.74 Å². The number of rotatable bonds is 7. The van der Waals surface area contributed by atoms with Crippen LogP contribution in [0.5, 0.6) is 0 Å². The highest BCUT2D eigenvalue weighted by molar-refractivity contribution is 7.89. The van der Waals surface area contributed by atoms with Crippen LogP contribution in [0.4, 0.5) is 5.69 Å². The van der Waals surface area contributed by atoms with E-state index in [1.165, 1.54) is 12.1 Å². The normalized spacial score (nSPS) is 22.8. The Morgan fingerprint density at radius 2 is 2.00 bits per heavy atom. The maximum atomic E-state index is 12.4. The Kier molecular flexibility index (Phi) is 6.36. The Morgan fingerprint density at radius 1 is 1.29 bits per heavy atom. The highest BCUT2D eigenvalue weighted by atomic mass is 32.2. The number of hydrogen-bond acceptors (Lipinski definition) is 5. The molecule has 2 aliphatic rings. The molecule has 0 saturated carbocycles. The van der Waals surface area contributed by atoms with E-state index >= 15 is 0 Å². The van der Waals surface area contributed by atoms with Crippen LogP contribution < -0.4 is 10.0 Å². The quantitative estimate of drug-likeness (QED) is 0.707. The smallest absolute Gasteiger partial charge is 0.240 e. The molecule has 3 rings (SSSR count). The van der Waals surface area contributed by atoms with Crippen molar-refractivity contribution in [3.05, 3.63) is 24.3 Å². The van der Waals surface area contributed by atoms with E-state index in [0.717, 1.165) is 12.8 Å². The second kappa shape index (κ2) is 8.59. The van der Waals surface area contributed by atoms with Crippen molar-refractivity contribution >= 4 is 27.5 Å². The molecule has 0 bridgehead atoms. The Balaban J connectivity index is 1.56. The van der Waals surface area contributed by atoms with Crippen LogP contribution in [-0.4, -0.2) is 57.0 Å². The minimum Gasteiger partial charge on any atom is -0.377 e. The largest absolute Gasteiger partial charge is 0.377 e. The van der Waals surface area contributed by atoms with Gasteiger partial charge in [-0.3, -0.25) is 9.59 Å². The van der Waals surface area contributed by atoms with E-state index in [1.54, 1.807) is 17.0 Å². The van der Waals surface area contributed by atoms with Gasteiger partial charge in [0.05, 0.1) is 16.9 Å². The second-order valence-electron chi connectivity index (χ2n) is 7.54. The number of benzene rings is 1. The molecule has 9 heteroatoms. The summed E-state index contributed by atoms with van der Waals surface area (Å²) in [6.45, 7) is 5.17. The second-order valence-corrected chi connectivity index (χ2v) is 9.31. The van der Waals surface area contributed by atoms with Gasteiger partial charge in [0.15, 0.2) is 0 Å². The van der Waals surface area contributed by atoms with Crippen LogP contribution in [0.3, 0.4) is 0 Å². The fourth-order valence-electron chi connectivity index (χ4n) is 3.46. The van der Waals surface area contributed by atoms with E-state index in [9.17, 15) is 18.0 Å². The molecule has 2 aliphatic heterocycles. The highest BCUT2D eigenvalue weighted by Crippen LogP contribution is 2.22. The first-order valence-corrected chi connectivity index (χ1v) is 11.1. The van der Waals surface area contributed by atoms with Gasteiger partial charge in [-0.2, -0.15) is 0 Å². The molecule has 2 saturated heterocycles. The van der Waals surface area contributed by atoms with Gasteiger partial charge in [-0.25, -0.2) is 13.1 Å². The monoisotopic (exact) mass is 409 g/mol. The molecule has 154 valence electrons. The third kappa shape index (κ3) is 4.89. The number of likely N-dealkylation sites (tertiary alicyclic amines) is 1. The van der Waals surface area contributed by atoms with Crippen molar-refractivity contribution in [2.75, 3.05) is 25.0 Å². The van der Waals surface area contributed by atoms with E-state index in [-0.39, 0.29) is 41.8 Å². The Hall–Kier alpha value is -1.97. The van der Waals surface area contributed by atoms with E-state index in [0.29, 0.717) is 18.8 Å². The first-order valence-electron chi connectivity index (χ1n) is 9.58. The lowest BCUT2D eigenvalue weighted by molar-refractivity contribution is -0.129. The van der Waals surface area contributed by atoms with Gasteiger partial charge in [-0.1, -0.05) is 0 Å². The van der Waals surface area contributed by atoms with Gasteiger partial charge >= 0.3 is 0 Å². The van der Waals surface area contributed by atoms with Gasteiger partial charge in [-0.05, 0) is 51.0 Å². The molecule has 0 radical (unpaired) electrons. The summed E-state index contributed by atoms with van der Waals surface area (Å²) in [7, 11) is -3.63. The molecule has 2 N–H and O–H groups in total. The van der Waals surface area contributed by atoms with Crippen LogP contribution in [0.15, 0.2) is 29.2 Å². The van der Waals surface area contributed by atoms with Crippen molar-refractivity contribution in [2.45, 2.75) is 50.2 Å². The fourth-order valence-corrected chi connectivity index (χ4v) is 4.53. The van der Waals surface area contributed by atoms with Crippen molar-refractivity contribution in [3.8, 4) is 0 Å². The lowest BCUT2D eigenvalue weighted by atomic mass is 10.1. The van der Waals surface area contributed by atoms with Gasteiger partial charge < -0.3 is 15.0 Å². The first kappa shape index (κ1) is 20.8. The van der Waals surface area contributed by atoms with E-state index < -0.39 is 15.9 Å². The average Bonchev–Trinajstić information content (AvgIpc) is 3.30. The van der Waals surface area contributed by atoms with Crippen LogP contribution in [0.1, 0.15) is 33.1 Å². The zero-order valence-electron chi connectivity index (χ0n) is 16.2. The molecular formula is C19H27N3O5S. The Morgan fingerprint density at radius 3 is 2.57 bits per heavy atom. The summed E-state index contributed by atoms with van der Waals surface area (Å²) in [5.41, 5.74) is 0.499. The number of nitrogens with one attached hydrogen (secondary N) is 2. The minimum atomic E-state index is -3.63. The molecule has 2 amide bonds. The first-order chi connectivity index (χ1) is 13.3. The van der Waals surface area contributed by atoms with Gasteiger partial charge in [0.2, 0.25) is 21.8 Å². The van der Waals surface area contributed by atoms with Crippen molar-refractivity contribution in [2.24, 2.45) is 5.92 Å². The summed E-state index contributed by atoms with van der Waals surface area (Å²) in [6, 6.07) is 6.07. The molecule has 0 spiro atoms. The predicted molar refractivity (Wildman–Crippen MR) is 104 cm³/mol. The molecule has 8 nitrogen and oxygen atoms in total. The molecule has 2 fully saturated rings. The fraction of sp³-hybridized carbons (Fsp3) is 0.579. The molecular weight excluding hydrogens is 382 g/mol. The van der Waals surface area contributed by atoms with Crippen LogP contribution in [0.25, 0.3) is 0 Å². The van der Waals surface area contributed by atoms with Crippen LogP contribution in [0.2, 0.25) is 0 Å². The van der Waals surface area contributed by atoms with Gasteiger partial charge in [-0.15, -0.1) is 0 Å². The van der Waals surface area contributed by atoms with Crippen molar-refractivity contribution in [1.82, 2.24) is 9.62 Å². The standard InChI is InChI=1S/C19H27N3O5S/c1-13(2)22-12-14(10-18(22)23)19(24)21-15-5-7-17(8-6-15)28(25,26)20-11-16-4-3-9-27-16/h5-8,13-14,16,20H,3-4,9-12H2,1-2H3,(H,21,24)/t14-,16-/m1/s1. The summed E-state index contributed by atoms with van der Waals surface area (Å²) in [5.74, 6) is -0.649. The summed E-state index contributed by atoms with van der Waals surface area (Å²) >= 11 is 0. The zero-order valence-corrected chi connectivity index (χ0v) is 17.0. The zero-order chi connectivity index (χ0) is 20.3. The number of nitrogens with zero attached hydrogens (tertiary/aromatic N) is 1. The summed E-state index contributed by atoms with van der Waals surface area (Å²) in [6.07, 6.45) is 1.92. The molecule has 1 aromatic rings. The van der Waals surface area contributed by atoms with Crippen LogP contribution in [-0.2, 0) is 24.3 Å². The van der Waals surface area contributed by atoms with Crippen molar-refractivity contribution in [3.63, 3.8) is 0 Å². The number of ether oxygens (including phenoxy) is 1. The van der Waals surface area contributed by atoms with Crippen LogP contribution in [0, 0.1) is 5.92 Å². The molecule has 0 unspecified atom stereocenters. The maximum Gasteiger partial charge on any atom is 0.240 e. The third-order valence-corrected chi connectivity index (χ3v) is 6.55. The number of anilines is 1. The number of carbonyl (C=O) groups excluding carboxylic acids is 2. The predicted octanol–water partition coefficient (Wildman–Crippen LogP) is 1.34. The van der Waals surface area contributed by atoms with Crippen LogP contribution >= 0.6 is 0 Å². The van der Waals surface area contributed by atoms with Crippen molar-refractivity contribution in [1.29, 1.82) is 0 Å². The van der Waals surface area contributed by atoms with Gasteiger partial charge in [0.25, 0.3) is 0 Å². The Labute approximate surface area is 165 Å². The SMILES string of the molecule is CC(C)N1C[C@H](C(=O)Nc2ccc(S(=O)(=O)NC[C@H]3CCCO3)cc2)CC1=O. The summed E-state index contributed by atoms with van der Waals surface area (Å²) in [5, 5.41) is 2.77. The van der Waals surface area contributed by atoms with E-state index in [2.05, 4.69) is 10.0 Å². The molecule has 28 heavy (non-hydrogen) atoms. The molecule has 0 aromatic heterocycles. The topological polar surface area (TPSA) is 105 Å². The Bertz CT molecular complexity index is 816. The molecule has 1 aromatic carbocycles. The molecule has 0 aliphatic carbocycles. The summed E-state index contributed by atoms with van der Waals surface area (Å²) in [4.78, 5) is 26.2. The van der Waals surface area contributed by atoms with Gasteiger partial charge in [0.1, 0.15) is 0 Å². The third-order valence-electron chi connectivity index (χ3n) is 5.11. The number of sulfonamides is 1. The van der Waals surface area contributed by atoms with E-state index in [1.807, 2.05) is 13.8 Å². The maximum absolute atomic E-state index is 12.4. The summed E-state index contributed by atoms with van der Waals surface area (Å²) < 4.78 is 32.7. The number of hydrogen-bond donors (Lipinski definition) is 2. The van der Waals surface area contributed by atoms with Gasteiger partial charge in [0, 0.05) is 37.8 Å². The van der Waals surface area contributed by atoms with Crippen molar-refractivity contribution < 1.29 is 22.7 Å². The highest BCUT2D eigenvalue weighted by Gasteiger charge is 2.35. The lowest BCUT2D eigenvalue weighted by Gasteiger charge is -2.20. The lowest BCUT2D eigenvalue weighted by Crippen LogP contribution is -2.33. The minimum absolute atomic E-state index is 0.0195. The number of amides is 2. The molecule has 2 atom stereocenters.